The van der Waals surface area contributed by atoms with Crippen molar-refractivity contribution in [2.75, 3.05) is 7.11 Å². The van der Waals surface area contributed by atoms with Gasteiger partial charge in [-0.2, -0.15) is 13.2 Å². The Morgan fingerprint density at radius 2 is 1.53 bits per heavy atom. The van der Waals surface area contributed by atoms with Gasteiger partial charge in [0.1, 0.15) is 11.6 Å². The van der Waals surface area contributed by atoms with E-state index in [2.05, 4.69) is 0 Å². The molecular formula is C26H26F4O2. The first-order valence-corrected chi connectivity index (χ1v) is 10.4. The summed E-state index contributed by atoms with van der Waals surface area (Å²) in [6, 6.07) is 21.4. The minimum Gasteiger partial charge on any atom is -0.496 e. The number of halogens is 4. The lowest BCUT2D eigenvalue weighted by molar-refractivity contribution is -0.209. The van der Waals surface area contributed by atoms with Gasteiger partial charge in [-0.1, -0.05) is 61.5 Å². The Kier molecular flexibility index (Phi) is 7.24. The highest BCUT2D eigenvalue weighted by atomic mass is 19.4. The van der Waals surface area contributed by atoms with Gasteiger partial charge < -0.3 is 9.84 Å². The highest BCUT2D eigenvalue weighted by Gasteiger charge is 2.44. The van der Waals surface area contributed by atoms with Crippen LogP contribution < -0.4 is 4.74 Å². The minimum absolute atomic E-state index is 0.268. The van der Waals surface area contributed by atoms with E-state index in [0.717, 1.165) is 16.7 Å². The third-order valence-corrected chi connectivity index (χ3v) is 5.86. The molecule has 3 rings (SSSR count). The molecule has 2 unspecified atom stereocenters. The average Bonchev–Trinajstić information content (AvgIpc) is 2.78. The lowest BCUT2D eigenvalue weighted by atomic mass is 9.73. The highest BCUT2D eigenvalue weighted by Crippen LogP contribution is 2.42. The first-order valence-electron chi connectivity index (χ1n) is 10.4. The monoisotopic (exact) mass is 446 g/mol. The van der Waals surface area contributed by atoms with Gasteiger partial charge in [0.05, 0.1) is 7.11 Å². The summed E-state index contributed by atoms with van der Waals surface area (Å²) in [5.74, 6) is -0.275. The lowest BCUT2D eigenvalue weighted by Crippen LogP contribution is -2.37. The number of benzene rings is 3. The maximum Gasteiger partial charge on any atom is 0.414 e. The van der Waals surface area contributed by atoms with E-state index in [1.165, 1.54) is 25.3 Å². The Morgan fingerprint density at radius 3 is 2.12 bits per heavy atom. The van der Waals surface area contributed by atoms with Gasteiger partial charge in [-0.25, -0.2) is 4.39 Å². The van der Waals surface area contributed by atoms with E-state index in [1.54, 1.807) is 6.92 Å². The number of rotatable bonds is 8. The van der Waals surface area contributed by atoms with Crippen LogP contribution in [-0.4, -0.2) is 24.5 Å². The fraction of sp³-hybridized carbons (Fsp3) is 0.308. The molecule has 0 aliphatic rings. The molecule has 32 heavy (non-hydrogen) atoms. The van der Waals surface area contributed by atoms with E-state index in [1.807, 2.05) is 54.6 Å². The van der Waals surface area contributed by atoms with Crippen LogP contribution in [0.3, 0.4) is 0 Å². The third kappa shape index (κ3) is 5.68. The molecule has 2 nitrogen and oxygen atoms in total. The van der Waals surface area contributed by atoms with Crippen LogP contribution >= 0.6 is 0 Å². The number of aryl methyl sites for hydroxylation is 1. The molecule has 1 N–H and O–H groups in total. The van der Waals surface area contributed by atoms with E-state index in [4.69, 9.17) is 4.74 Å². The standard InChI is InChI=1S/C26H26F4O2/c1-25(17-24(31)26(28,29)30,22-16-21(27)12-13-23(22)32-2)15-14-18-8-10-20(11-9-18)19-6-4-3-5-7-19/h3-13,16,24,31H,14-15,17H2,1-2H3. The lowest BCUT2D eigenvalue weighted by Gasteiger charge is -2.34. The van der Waals surface area contributed by atoms with Crippen molar-refractivity contribution in [1.29, 1.82) is 0 Å². The van der Waals surface area contributed by atoms with Gasteiger partial charge in [0, 0.05) is 5.56 Å². The summed E-state index contributed by atoms with van der Waals surface area (Å²) in [5.41, 5.74) is 2.19. The Bertz CT molecular complexity index is 1020. The molecule has 0 saturated heterocycles. The maximum atomic E-state index is 14.0. The molecule has 0 fully saturated rings. The van der Waals surface area contributed by atoms with Gasteiger partial charge in [0.25, 0.3) is 0 Å². The molecule has 0 heterocycles. The molecule has 3 aromatic rings. The predicted molar refractivity (Wildman–Crippen MR) is 117 cm³/mol. The number of alkyl halides is 3. The smallest absolute Gasteiger partial charge is 0.414 e. The van der Waals surface area contributed by atoms with Crippen molar-refractivity contribution < 1.29 is 27.4 Å². The molecule has 3 aromatic carbocycles. The number of hydrogen-bond acceptors (Lipinski definition) is 2. The van der Waals surface area contributed by atoms with Crippen LogP contribution in [0.25, 0.3) is 11.1 Å². The Morgan fingerprint density at radius 1 is 0.906 bits per heavy atom. The van der Waals surface area contributed by atoms with Crippen molar-refractivity contribution in [2.24, 2.45) is 0 Å². The highest BCUT2D eigenvalue weighted by molar-refractivity contribution is 5.63. The van der Waals surface area contributed by atoms with Crippen LogP contribution in [-0.2, 0) is 11.8 Å². The zero-order chi connectivity index (χ0) is 23.4. The summed E-state index contributed by atoms with van der Waals surface area (Å²) in [5, 5.41) is 9.82. The van der Waals surface area contributed by atoms with Crippen LogP contribution in [0.1, 0.15) is 30.9 Å². The topological polar surface area (TPSA) is 29.5 Å². The van der Waals surface area contributed by atoms with E-state index >= 15 is 0 Å². The van der Waals surface area contributed by atoms with Crippen molar-refractivity contribution in [3.63, 3.8) is 0 Å². The van der Waals surface area contributed by atoms with Crippen molar-refractivity contribution in [2.45, 2.75) is 43.9 Å². The third-order valence-electron chi connectivity index (χ3n) is 5.86. The van der Waals surface area contributed by atoms with Gasteiger partial charge in [0.15, 0.2) is 6.10 Å². The Hall–Kier alpha value is -2.86. The number of hydrogen-bond donors (Lipinski definition) is 1. The molecule has 170 valence electrons. The quantitative estimate of drug-likeness (QED) is 0.390. The molecule has 0 aromatic heterocycles. The number of ether oxygens (including phenoxy) is 1. The van der Waals surface area contributed by atoms with Crippen molar-refractivity contribution in [3.05, 3.63) is 89.7 Å². The van der Waals surface area contributed by atoms with Gasteiger partial charge in [-0.05, 0) is 59.6 Å². The van der Waals surface area contributed by atoms with Crippen LogP contribution in [0, 0.1) is 5.82 Å². The molecule has 6 heteroatoms. The first-order chi connectivity index (χ1) is 15.1. The Balaban J connectivity index is 1.87. The van der Waals surface area contributed by atoms with Crippen LogP contribution in [0.5, 0.6) is 5.75 Å². The van der Waals surface area contributed by atoms with Gasteiger partial charge >= 0.3 is 6.18 Å². The zero-order valence-corrected chi connectivity index (χ0v) is 18.0. The van der Waals surface area contributed by atoms with Gasteiger partial charge in [-0.3, -0.25) is 0 Å². The van der Waals surface area contributed by atoms with E-state index in [9.17, 15) is 22.7 Å². The average molecular weight is 446 g/mol. The fourth-order valence-electron chi connectivity index (χ4n) is 3.96. The molecule has 0 amide bonds. The molecule has 0 radical (unpaired) electrons. The molecule has 0 bridgehead atoms. The van der Waals surface area contributed by atoms with Crippen LogP contribution in [0.2, 0.25) is 0 Å². The van der Waals surface area contributed by atoms with E-state index < -0.39 is 29.9 Å². The van der Waals surface area contributed by atoms with E-state index in [0.29, 0.717) is 17.7 Å². The summed E-state index contributed by atoms with van der Waals surface area (Å²) < 4.78 is 58.8. The van der Waals surface area contributed by atoms with E-state index in [-0.39, 0.29) is 6.42 Å². The van der Waals surface area contributed by atoms with Gasteiger partial charge in [-0.15, -0.1) is 0 Å². The summed E-state index contributed by atoms with van der Waals surface area (Å²) in [6.45, 7) is 1.61. The summed E-state index contributed by atoms with van der Waals surface area (Å²) in [4.78, 5) is 0. The number of methoxy groups -OCH3 is 1. The summed E-state index contributed by atoms with van der Waals surface area (Å²) in [7, 11) is 1.39. The zero-order valence-electron chi connectivity index (χ0n) is 18.0. The first kappa shape index (κ1) is 23.8. The predicted octanol–water partition coefficient (Wildman–Crippen LogP) is 6.71. The second-order valence-electron chi connectivity index (χ2n) is 8.23. The molecular weight excluding hydrogens is 420 g/mol. The minimum atomic E-state index is -4.76. The van der Waals surface area contributed by atoms with Gasteiger partial charge in [0.2, 0.25) is 0 Å². The van der Waals surface area contributed by atoms with Crippen molar-refractivity contribution in [3.8, 4) is 16.9 Å². The molecule has 0 aliphatic heterocycles. The summed E-state index contributed by atoms with van der Waals surface area (Å²) >= 11 is 0. The van der Waals surface area contributed by atoms with Crippen molar-refractivity contribution >= 4 is 0 Å². The fourth-order valence-corrected chi connectivity index (χ4v) is 3.96. The molecule has 0 aliphatic carbocycles. The second kappa shape index (κ2) is 9.74. The van der Waals surface area contributed by atoms with Crippen molar-refractivity contribution in [1.82, 2.24) is 0 Å². The maximum absolute atomic E-state index is 14.0. The SMILES string of the molecule is COc1ccc(F)cc1C(C)(CCc1ccc(-c2ccccc2)cc1)CC(O)C(F)(F)F. The largest absolute Gasteiger partial charge is 0.496 e. The molecule has 0 spiro atoms. The van der Waals surface area contributed by atoms with Crippen LogP contribution in [0.15, 0.2) is 72.8 Å². The number of aliphatic hydroxyl groups is 1. The van der Waals surface area contributed by atoms with Crippen LogP contribution in [0.4, 0.5) is 17.6 Å². The number of aliphatic hydroxyl groups excluding tert-OH is 1. The normalized spacial score (nSPS) is 14.6. The Labute approximate surface area is 185 Å². The molecule has 2 atom stereocenters. The summed E-state index contributed by atoms with van der Waals surface area (Å²) in [6.07, 6.45) is -7.17. The molecule has 0 saturated carbocycles. The second-order valence-corrected chi connectivity index (χ2v) is 8.23.